The molecule has 0 unspecified atom stereocenters. The first kappa shape index (κ1) is 8.61. The number of nitriles is 1. The summed E-state index contributed by atoms with van der Waals surface area (Å²) in [6.45, 7) is 1.88. The molecule has 0 bridgehead atoms. The number of hydrogen-bond acceptors (Lipinski definition) is 2. The molecular weight excluding hydrogens is 150 g/mol. The maximum absolute atomic E-state index is 8.98. The molecule has 0 aliphatic rings. The van der Waals surface area contributed by atoms with E-state index >= 15 is 0 Å². The highest BCUT2D eigenvalue weighted by Gasteiger charge is 2.00. The molecule has 0 heterocycles. The van der Waals surface area contributed by atoms with E-state index in [1.54, 1.807) is 12.1 Å². The Morgan fingerprint density at radius 2 is 2.00 bits per heavy atom. The van der Waals surface area contributed by atoms with E-state index in [9.17, 15) is 0 Å². The van der Waals surface area contributed by atoms with Crippen molar-refractivity contribution in [3.05, 3.63) is 29.8 Å². The molecule has 2 nitrogen and oxygen atoms in total. The van der Waals surface area contributed by atoms with Crippen LogP contribution < -0.4 is 0 Å². The topological polar surface area (TPSA) is 44.0 Å². The van der Waals surface area contributed by atoms with Crippen LogP contribution in [0.1, 0.15) is 12.5 Å². The van der Waals surface area contributed by atoms with Crippen molar-refractivity contribution in [2.45, 2.75) is 13.3 Å². The zero-order valence-corrected chi connectivity index (χ0v) is 6.99. The summed E-state index contributed by atoms with van der Waals surface area (Å²) in [4.78, 5) is 0. The number of aromatic hydroxyl groups is 1. The first-order valence-electron chi connectivity index (χ1n) is 3.90. The standard InChI is InChI=1S/C10H11NO/c1-8(7-11)6-9-2-4-10(12)5-3-9/h2-5,8,12H,6H2,1H3/t8-/m0/s1. The van der Waals surface area contributed by atoms with Crippen LogP contribution in [0.2, 0.25) is 0 Å². The maximum Gasteiger partial charge on any atom is 0.115 e. The number of phenols is 1. The zero-order chi connectivity index (χ0) is 8.97. The summed E-state index contributed by atoms with van der Waals surface area (Å²) in [5.74, 6) is 0.304. The third kappa shape index (κ3) is 2.28. The van der Waals surface area contributed by atoms with Crippen molar-refractivity contribution < 1.29 is 5.11 Å². The van der Waals surface area contributed by atoms with E-state index in [1.807, 2.05) is 19.1 Å². The molecule has 12 heavy (non-hydrogen) atoms. The fraction of sp³-hybridized carbons (Fsp3) is 0.300. The minimum Gasteiger partial charge on any atom is -0.508 e. The van der Waals surface area contributed by atoms with Crippen LogP contribution in [0.5, 0.6) is 5.75 Å². The lowest BCUT2D eigenvalue weighted by molar-refractivity contribution is 0.475. The molecule has 0 aliphatic heterocycles. The van der Waals surface area contributed by atoms with Crippen molar-refractivity contribution in [3.63, 3.8) is 0 Å². The van der Waals surface area contributed by atoms with Gasteiger partial charge in [-0.3, -0.25) is 0 Å². The highest BCUT2D eigenvalue weighted by atomic mass is 16.3. The van der Waals surface area contributed by atoms with Crippen molar-refractivity contribution in [2.75, 3.05) is 0 Å². The molecule has 0 spiro atoms. The SMILES string of the molecule is C[C@H](C#N)Cc1ccc(O)cc1. The van der Waals surface area contributed by atoms with Gasteiger partial charge in [-0.05, 0) is 31.0 Å². The van der Waals surface area contributed by atoms with Gasteiger partial charge in [0.15, 0.2) is 0 Å². The molecule has 62 valence electrons. The predicted octanol–water partition coefficient (Wildman–Crippen LogP) is 2.09. The summed E-state index contributed by atoms with van der Waals surface area (Å²) >= 11 is 0. The molecule has 0 aromatic heterocycles. The van der Waals surface area contributed by atoms with E-state index in [1.165, 1.54) is 0 Å². The molecule has 0 saturated heterocycles. The van der Waals surface area contributed by atoms with E-state index in [0.717, 1.165) is 12.0 Å². The van der Waals surface area contributed by atoms with Crippen LogP contribution in [0.4, 0.5) is 0 Å². The average molecular weight is 161 g/mol. The summed E-state index contributed by atoms with van der Waals surface area (Å²) in [6.07, 6.45) is 0.747. The molecule has 1 atom stereocenters. The smallest absolute Gasteiger partial charge is 0.115 e. The van der Waals surface area contributed by atoms with Gasteiger partial charge in [0.2, 0.25) is 0 Å². The lowest BCUT2D eigenvalue weighted by Gasteiger charge is -2.01. The van der Waals surface area contributed by atoms with Crippen molar-refractivity contribution in [1.82, 2.24) is 0 Å². The normalized spacial score (nSPS) is 12.0. The van der Waals surface area contributed by atoms with Crippen LogP contribution >= 0.6 is 0 Å². The van der Waals surface area contributed by atoms with Crippen LogP contribution in [0.3, 0.4) is 0 Å². The average Bonchev–Trinajstić information content (AvgIpc) is 2.09. The second kappa shape index (κ2) is 3.77. The van der Waals surface area contributed by atoms with Gasteiger partial charge in [0.25, 0.3) is 0 Å². The molecule has 0 saturated carbocycles. The number of benzene rings is 1. The fourth-order valence-electron chi connectivity index (χ4n) is 1.03. The van der Waals surface area contributed by atoms with E-state index in [2.05, 4.69) is 6.07 Å². The van der Waals surface area contributed by atoms with Gasteiger partial charge in [-0.2, -0.15) is 5.26 Å². The van der Waals surface area contributed by atoms with E-state index < -0.39 is 0 Å². The number of hydrogen-bond donors (Lipinski definition) is 1. The predicted molar refractivity (Wildman–Crippen MR) is 46.6 cm³/mol. The van der Waals surface area contributed by atoms with Gasteiger partial charge < -0.3 is 5.11 Å². The lowest BCUT2D eigenvalue weighted by Crippen LogP contribution is -1.95. The summed E-state index contributed by atoms with van der Waals surface area (Å²) in [7, 11) is 0. The molecule has 1 N–H and O–H groups in total. The largest absolute Gasteiger partial charge is 0.508 e. The Balaban J connectivity index is 2.66. The quantitative estimate of drug-likeness (QED) is 0.721. The van der Waals surface area contributed by atoms with Gasteiger partial charge in [0.05, 0.1) is 6.07 Å². The van der Waals surface area contributed by atoms with Crippen LogP contribution in [0.25, 0.3) is 0 Å². The lowest BCUT2D eigenvalue weighted by atomic mass is 10.0. The van der Waals surface area contributed by atoms with Gasteiger partial charge >= 0.3 is 0 Å². The summed E-state index contributed by atoms with van der Waals surface area (Å²) in [5, 5.41) is 17.5. The number of rotatable bonds is 2. The van der Waals surface area contributed by atoms with Crippen LogP contribution in [-0.2, 0) is 6.42 Å². The first-order valence-corrected chi connectivity index (χ1v) is 3.90. The Bertz CT molecular complexity index is 284. The molecule has 0 amide bonds. The Hall–Kier alpha value is -1.49. The molecule has 0 aliphatic carbocycles. The molecule has 0 radical (unpaired) electrons. The Kier molecular flexibility index (Phi) is 2.71. The van der Waals surface area contributed by atoms with E-state index in [4.69, 9.17) is 10.4 Å². The number of nitrogens with zero attached hydrogens (tertiary/aromatic N) is 1. The summed E-state index contributed by atoms with van der Waals surface area (Å²) < 4.78 is 0. The van der Waals surface area contributed by atoms with Gasteiger partial charge in [0.1, 0.15) is 5.75 Å². The van der Waals surface area contributed by atoms with Crippen LogP contribution in [0.15, 0.2) is 24.3 Å². The van der Waals surface area contributed by atoms with Crippen molar-refractivity contribution in [3.8, 4) is 11.8 Å². The highest BCUT2D eigenvalue weighted by molar-refractivity contribution is 5.26. The minimum absolute atomic E-state index is 0.0366. The number of phenolic OH excluding ortho intramolecular Hbond substituents is 1. The van der Waals surface area contributed by atoms with Gasteiger partial charge in [-0.1, -0.05) is 12.1 Å². The second-order valence-corrected chi connectivity index (χ2v) is 2.90. The van der Waals surface area contributed by atoms with Crippen molar-refractivity contribution >= 4 is 0 Å². The van der Waals surface area contributed by atoms with Crippen LogP contribution in [-0.4, -0.2) is 5.11 Å². The van der Waals surface area contributed by atoms with Crippen molar-refractivity contribution in [2.24, 2.45) is 5.92 Å². The van der Waals surface area contributed by atoms with Gasteiger partial charge in [0, 0.05) is 5.92 Å². The molecule has 1 rings (SSSR count). The Morgan fingerprint density at radius 1 is 1.42 bits per heavy atom. The van der Waals surface area contributed by atoms with Gasteiger partial charge in [-0.15, -0.1) is 0 Å². The maximum atomic E-state index is 8.98. The third-order valence-corrected chi connectivity index (χ3v) is 1.70. The molecular formula is C10H11NO. The zero-order valence-electron chi connectivity index (χ0n) is 6.99. The van der Waals surface area contributed by atoms with E-state index in [-0.39, 0.29) is 11.7 Å². The third-order valence-electron chi connectivity index (χ3n) is 1.70. The minimum atomic E-state index is 0.0366. The summed E-state index contributed by atoms with van der Waals surface area (Å²) in [5.41, 5.74) is 1.09. The highest BCUT2D eigenvalue weighted by Crippen LogP contribution is 2.12. The molecule has 0 fully saturated rings. The van der Waals surface area contributed by atoms with Gasteiger partial charge in [-0.25, -0.2) is 0 Å². The Morgan fingerprint density at radius 3 is 2.50 bits per heavy atom. The first-order chi connectivity index (χ1) is 5.72. The summed E-state index contributed by atoms with van der Waals surface area (Å²) in [6, 6.07) is 9.12. The second-order valence-electron chi connectivity index (χ2n) is 2.90. The molecule has 2 heteroatoms. The molecule has 1 aromatic carbocycles. The Labute approximate surface area is 72.1 Å². The monoisotopic (exact) mass is 161 g/mol. The van der Waals surface area contributed by atoms with E-state index in [0.29, 0.717) is 0 Å². The van der Waals surface area contributed by atoms with Crippen LogP contribution in [0, 0.1) is 17.2 Å². The fourth-order valence-corrected chi connectivity index (χ4v) is 1.03. The molecule has 1 aromatic rings. The van der Waals surface area contributed by atoms with Crippen molar-refractivity contribution in [1.29, 1.82) is 5.26 Å².